The van der Waals surface area contributed by atoms with Crippen LogP contribution in [0.4, 0.5) is 18.9 Å². The van der Waals surface area contributed by atoms with E-state index in [0.29, 0.717) is 11.4 Å². The van der Waals surface area contributed by atoms with Gasteiger partial charge in [-0.2, -0.15) is 13.2 Å². The summed E-state index contributed by atoms with van der Waals surface area (Å²) in [5.41, 5.74) is 13.3. The van der Waals surface area contributed by atoms with Gasteiger partial charge in [0.2, 0.25) is 0 Å². The second-order valence-electron chi connectivity index (χ2n) is 8.93. The summed E-state index contributed by atoms with van der Waals surface area (Å²) in [7, 11) is 0. The van der Waals surface area contributed by atoms with Crippen LogP contribution in [0.1, 0.15) is 43.8 Å². The summed E-state index contributed by atoms with van der Waals surface area (Å²) < 4.78 is 44.2. The zero-order valence-corrected chi connectivity index (χ0v) is 18.3. The number of hydrogen-bond acceptors (Lipinski definition) is 6. The van der Waals surface area contributed by atoms with Crippen molar-refractivity contribution in [3.05, 3.63) is 64.7 Å². The van der Waals surface area contributed by atoms with Crippen molar-refractivity contribution in [3.63, 3.8) is 0 Å². The maximum Gasteiger partial charge on any atom is 0.405 e. The second-order valence-corrected chi connectivity index (χ2v) is 8.93. The molecule has 170 valence electrons. The summed E-state index contributed by atoms with van der Waals surface area (Å²) in [6.45, 7) is 6.88. The van der Waals surface area contributed by atoms with E-state index >= 15 is 0 Å². The maximum absolute atomic E-state index is 12.7. The number of ether oxygens (including phenoxy) is 1. The number of hydrogen-bond donors (Lipinski definition) is 4. The van der Waals surface area contributed by atoms with E-state index in [9.17, 15) is 13.2 Å². The molecule has 1 saturated heterocycles. The molecule has 2 aliphatic rings. The Morgan fingerprint density at radius 3 is 2.59 bits per heavy atom. The summed E-state index contributed by atoms with van der Waals surface area (Å²) in [4.78, 5) is 4.85. The number of fused-ring (bicyclic) bond motifs is 1. The molecule has 6 nitrogen and oxygen atoms in total. The van der Waals surface area contributed by atoms with E-state index in [2.05, 4.69) is 27.2 Å². The average molecular weight is 445 g/mol. The second kappa shape index (κ2) is 8.26. The van der Waals surface area contributed by atoms with Gasteiger partial charge in [-0.15, -0.1) is 5.73 Å². The van der Waals surface area contributed by atoms with Gasteiger partial charge in [0.05, 0.1) is 11.2 Å². The zero-order chi connectivity index (χ0) is 23.1. The van der Waals surface area contributed by atoms with Crippen molar-refractivity contribution in [1.29, 1.82) is 0 Å². The molecule has 32 heavy (non-hydrogen) atoms. The number of aryl methyl sites for hydroxylation is 1. The first kappa shape index (κ1) is 22.4. The molecule has 0 bridgehead atoms. The number of anilines is 1. The van der Waals surface area contributed by atoms with Crippen molar-refractivity contribution in [2.75, 3.05) is 11.9 Å². The average Bonchev–Trinajstić information content (AvgIpc) is 3.37. The molecule has 1 aliphatic carbocycles. The first-order chi connectivity index (χ1) is 15.0. The highest BCUT2D eigenvalue weighted by Gasteiger charge is 2.30. The minimum absolute atomic E-state index is 0.327. The van der Waals surface area contributed by atoms with Crippen molar-refractivity contribution in [3.8, 4) is 0 Å². The normalized spacial score (nSPS) is 20.8. The molecule has 9 heteroatoms. The summed E-state index contributed by atoms with van der Waals surface area (Å²) in [5.74, 6) is 0. The topological polar surface area (TPSA) is 70.2 Å². The van der Waals surface area contributed by atoms with Crippen LogP contribution in [0.2, 0.25) is 0 Å². The fourth-order valence-corrected chi connectivity index (χ4v) is 3.66. The lowest BCUT2D eigenvalue weighted by atomic mass is 9.84. The molecule has 2 atom stereocenters. The summed E-state index contributed by atoms with van der Waals surface area (Å²) in [6, 6.07) is 5.36. The minimum Gasteiger partial charge on any atom is -0.376 e. The molecular weight excluding hydrogens is 419 g/mol. The summed E-state index contributed by atoms with van der Waals surface area (Å²) >= 11 is 0. The highest BCUT2D eigenvalue weighted by molar-refractivity contribution is 5.89. The first-order valence-electron chi connectivity index (χ1n) is 10.3. The standard InChI is InChI=1S/C23H26F3N5O/c1-13-9-18(20-30-31-21(32-20)28-14-7-5-6-8-14)29-19-16(13)10-15(27-12-23(24,25)26)11-17(19)22(2,3)4/h5,7-11,20-21,27-28,30-31H,12H2,1-4H3. The van der Waals surface area contributed by atoms with E-state index < -0.39 is 25.3 Å². The van der Waals surface area contributed by atoms with E-state index in [1.54, 1.807) is 12.1 Å². The van der Waals surface area contributed by atoms with Gasteiger partial charge >= 0.3 is 6.18 Å². The van der Waals surface area contributed by atoms with E-state index in [4.69, 9.17) is 9.72 Å². The summed E-state index contributed by atoms with van der Waals surface area (Å²) in [6.07, 6.45) is 0.267. The largest absolute Gasteiger partial charge is 0.405 e. The van der Waals surface area contributed by atoms with Crippen molar-refractivity contribution in [2.24, 2.45) is 0 Å². The number of halogens is 3. The van der Waals surface area contributed by atoms with E-state index in [0.717, 1.165) is 27.7 Å². The van der Waals surface area contributed by atoms with Gasteiger partial charge in [-0.05, 0) is 53.8 Å². The van der Waals surface area contributed by atoms with Crippen LogP contribution in [0.3, 0.4) is 0 Å². The first-order valence-corrected chi connectivity index (χ1v) is 10.3. The van der Waals surface area contributed by atoms with Gasteiger partial charge in [0, 0.05) is 22.8 Å². The Balaban J connectivity index is 1.65. The number of aromatic nitrogens is 1. The van der Waals surface area contributed by atoms with Crippen molar-refractivity contribution in [1.82, 2.24) is 21.2 Å². The van der Waals surface area contributed by atoms with Gasteiger partial charge < -0.3 is 15.4 Å². The lowest BCUT2D eigenvalue weighted by molar-refractivity contribution is -0.115. The molecule has 4 rings (SSSR count). The molecule has 0 spiro atoms. The maximum atomic E-state index is 12.7. The SMILES string of the molecule is Cc1cc(C2NNC(NC3=CC=C=C3)O2)nc2c(C(C)(C)C)cc(NCC(F)(F)F)cc12. The lowest BCUT2D eigenvalue weighted by Crippen LogP contribution is -2.40. The van der Waals surface area contributed by atoms with Crippen LogP contribution < -0.4 is 21.5 Å². The highest BCUT2D eigenvalue weighted by Crippen LogP contribution is 2.35. The monoisotopic (exact) mass is 445 g/mol. The Morgan fingerprint density at radius 2 is 1.94 bits per heavy atom. The number of hydrazine groups is 1. The number of allylic oxidation sites excluding steroid dienone is 2. The van der Waals surface area contributed by atoms with Crippen LogP contribution in [0.15, 0.2) is 47.9 Å². The molecule has 0 amide bonds. The highest BCUT2D eigenvalue weighted by atomic mass is 19.4. The number of nitrogens with zero attached hydrogens (tertiary/aromatic N) is 1. The van der Waals surface area contributed by atoms with Gasteiger partial charge in [-0.25, -0.2) is 15.8 Å². The molecule has 1 aromatic carbocycles. The molecule has 0 saturated carbocycles. The van der Waals surface area contributed by atoms with Crippen LogP contribution in [0.5, 0.6) is 0 Å². The molecule has 1 aliphatic heterocycles. The fraction of sp³-hybridized carbons (Fsp3) is 0.391. The molecule has 2 unspecified atom stereocenters. The third-order valence-electron chi connectivity index (χ3n) is 5.22. The minimum atomic E-state index is -4.29. The van der Waals surface area contributed by atoms with E-state index in [1.165, 1.54) is 0 Å². The predicted octanol–water partition coefficient (Wildman–Crippen LogP) is 4.42. The van der Waals surface area contributed by atoms with Crippen LogP contribution in [-0.2, 0) is 10.2 Å². The quantitative estimate of drug-likeness (QED) is 0.511. The Kier molecular flexibility index (Phi) is 5.77. The van der Waals surface area contributed by atoms with E-state index in [-0.39, 0.29) is 5.41 Å². The Morgan fingerprint density at radius 1 is 1.16 bits per heavy atom. The molecule has 0 radical (unpaired) electrons. The van der Waals surface area contributed by atoms with Gasteiger partial charge in [-0.3, -0.25) is 0 Å². The number of alkyl halides is 3. The predicted molar refractivity (Wildman–Crippen MR) is 117 cm³/mol. The van der Waals surface area contributed by atoms with Crippen LogP contribution in [0.25, 0.3) is 10.9 Å². The Hall–Kier alpha value is -2.84. The van der Waals surface area contributed by atoms with Gasteiger partial charge in [0.15, 0.2) is 12.6 Å². The van der Waals surface area contributed by atoms with Crippen molar-refractivity contribution in [2.45, 2.75) is 51.9 Å². The van der Waals surface area contributed by atoms with Gasteiger partial charge in [-0.1, -0.05) is 20.8 Å². The van der Waals surface area contributed by atoms with Gasteiger partial charge in [0.1, 0.15) is 6.54 Å². The fourth-order valence-electron chi connectivity index (χ4n) is 3.66. The van der Waals surface area contributed by atoms with Crippen LogP contribution in [-0.4, -0.2) is 24.1 Å². The van der Waals surface area contributed by atoms with Crippen molar-refractivity contribution >= 4 is 16.6 Å². The number of benzene rings is 1. The molecular formula is C23H26F3N5O. The van der Waals surface area contributed by atoms with E-state index in [1.807, 2.05) is 52.0 Å². The Labute approximate surface area is 184 Å². The number of nitrogens with one attached hydrogen (secondary N) is 4. The third-order valence-corrected chi connectivity index (χ3v) is 5.22. The van der Waals surface area contributed by atoms with Gasteiger partial charge in [0.25, 0.3) is 0 Å². The van der Waals surface area contributed by atoms with Crippen LogP contribution >= 0.6 is 0 Å². The molecule has 2 aromatic rings. The smallest absolute Gasteiger partial charge is 0.376 e. The lowest BCUT2D eigenvalue weighted by Gasteiger charge is -2.24. The number of pyridine rings is 1. The number of rotatable bonds is 5. The summed E-state index contributed by atoms with van der Waals surface area (Å²) in [5, 5.41) is 6.49. The third kappa shape index (κ3) is 4.97. The van der Waals surface area contributed by atoms with Crippen molar-refractivity contribution < 1.29 is 17.9 Å². The zero-order valence-electron chi connectivity index (χ0n) is 18.3. The van der Waals surface area contributed by atoms with Crippen LogP contribution in [0, 0.1) is 6.92 Å². The molecule has 4 N–H and O–H groups in total. The molecule has 1 aromatic heterocycles. The Bertz CT molecular complexity index is 1130. The molecule has 2 heterocycles. The molecule has 1 fully saturated rings.